The Kier molecular flexibility index (Phi) is 7.14. The molecule has 1 aromatic rings. The molecule has 0 aliphatic carbocycles. The first kappa shape index (κ1) is 18.3. The maximum absolute atomic E-state index is 12.1. The number of nitrogens with zero attached hydrogens (tertiary/aromatic N) is 1. The van der Waals surface area contributed by atoms with Gasteiger partial charge in [-0.15, -0.1) is 12.4 Å². The lowest BCUT2D eigenvalue weighted by molar-refractivity contribution is -0.134. The lowest BCUT2D eigenvalue weighted by Crippen LogP contribution is -2.52. The van der Waals surface area contributed by atoms with E-state index in [4.69, 9.17) is 10.5 Å². The molecule has 0 bridgehead atoms. The maximum atomic E-state index is 12.1. The molecule has 0 radical (unpaired) electrons. The molecule has 1 saturated heterocycles. The van der Waals surface area contributed by atoms with Crippen molar-refractivity contribution < 1.29 is 14.3 Å². The lowest BCUT2D eigenvalue weighted by Gasteiger charge is -2.34. The number of primary amides is 1. The summed E-state index contributed by atoms with van der Waals surface area (Å²) in [7, 11) is 0. The first-order chi connectivity index (χ1) is 10.1. The zero-order chi connectivity index (χ0) is 15.2. The fourth-order valence-corrected chi connectivity index (χ4v) is 2.33. The van der Waals surface area contributed by atoms with Crippen LogP contribution in [0.1, 0.15) is 23.7 Å². The van der Waals surface area contributed by atoms with Gasteiger partial charge in [-0.3, -0.25) is 9.59 Å². The summed E-state index contributed by atoms with van der Waals surface area (Å²) in [6.07, 6.45) is 0.349. The average Bonchev–Trinajstić information content (AvgIpc) is 2.48. The topological polar surface area (TPSA) is 84.7 Å². The van der Waals surface area contributed by atoms with Gasteiger partial charge in [-0.25, -0.2) is 0 Å². The SMILES string of the molecule is C[C@H]1CNCCN1C(=O)CCOc1ccc(C(N)=O)cc1.Cl. The fourth-order valence-electron chi connectivity index (χ4n) is 2.33. The van der Waals surface area contributed by atoms with Crippen molar-refractivity contribution >= 4 is 24.2 Å². The van der Waals surface area contributed by atoms with Crippen LogP contribution in [0.3, 0.4) is 0 Å². The molecule has 2 amide bonds. The van der Waals surface area contributed by atoms with Gasteiger partial charge in [0.2, 0.25) is 11.8 Å². The van der Waals surface area contributed by atoms with Gasteiger partial charge in [0.05, 0.1) is 13.0 Å². The van der Waals surface area contributed by atoms with Crippen LogP contribution in [0.2, 0.25) is 0 Å². The van der Waals surface area contributed by atoms with Crippen LogP contribution in [0.15, 0.2) is 24.3 Å². The predicted molar refractivity (Wildman–Crippen MR) is 86.4 cm³/mol. The number of amides is 2. The Bertz CT molecular complexity index is 507. The molecule has 1 atom stereocenters. The van der Waals surface area contributed by atoms with Crippen molar-refractivity contribution in [1.82, 2.24) is 10.2 Å². The number of ether oxygens (including phenoxy) is 1. The Hall–Kier alpha value is -1.79. The summed E-state index contributed by atoms with van der Waals surface area (Å²) in [5.74, 6) is 0.267. The van der Waals surface area contributed by atoms with E-state index in [1.165, 1.54) is 0 Å². The monoisotopic (exact) mass is 327 g/mol. The van der Waals surface area contributed by atoms with Crippen LogP contribution in [0.25, 0.3) is 0 Å². The van der Waals surface area contributed by atoms with Crippen molar-refractivity contribution in [2.45, 2.75) is 19.4 Å². The molecular weight excluding hydrogens is 306 g/mol. The van der Waals surface area contributed by atoms with Gasteiger partial charge in [-0.05, 0) is 31.2 Å². The standard InChI is InChI=1S/C15H21N3O3.ClH/c1-11-10-17-7-8-18(11)14(19)6-9-21-13-4-2-12(3-5-13)15(16)20;/h2-5,11,17H,6-10H2,1H3,(H2,16,20);1H/t11-;/m0./s1. The number of rotatable bonds is 5. The molecule has 0 spiro atoms. The van der Waals surface area contributed by atoms with E-state index < -0.39 is 5.91 Å². The van der Waals surface area contributed by atoms with Gasteiger partial charge in [0.1, 0.15) is 5.75 Å². The molecule has 22 heavy (non-hydrogen) atoms. The Morgan fingerprint density at radius 1 is 1.36 bits per heavy atom. The van der Waals surface area contributed by atoms with Gasteiger partial charge >= 0.3 is 0 Å². The molecule has 0 aromatic heterocycles. The van der Waals surface area contributed by atoms with E-state index in [0.29, 0.717) is 24.3 Å². The van der Waals surface area contributed by atoms with E-state index in [-0.39, 0.29) is 24.4 Å². The van der Waals surface area contributed by atoms with Gasteiger partial charge in [0.25, 0.3) is 0 Å². The predicted octanol–water partition coefficient (Wildman–Crippen LogP) is 0.796. The third-order valence-electron chi connectivity index (χ3n) is 3.55. The van der Waals surface area contributed by atoms with E-state index in [1.54, 1.807) is 24.3 Å². The minimum atomic E-state index is -0.468. The quantitative estimate of drug-likeness (QED) is 0.837. The van der Waals surface area contributed by atoms with Crippen LogP contribution in [0.5, 0.6) is 5.75 Å². The number of hydrogen-bond acceptors (Lipinski definition) is 4. The molecule has 1 aliphatic rings. The molecule has 0 saturated carbocycles. The molecule has 3 N–H and O–H groups in total. The molecule has 6 nitrogen and oxygen atoms in total. The van der Waals surface area contributed by atoms with Crippen molar-refractivity contribution in [2.24, 2.45) is 5.73 Å². The molecule has 0 unspecified atom stereocenters. The summed E-state index contributed by atoms with van der Waals surface area (Å²) in [4.78, 5) is 24.9. The maximum Gasteiger partial charge on any atom is 0.248 e. The highest BCUT2D eigenvalue weighted by Gasteiger charge is 2.22. The first-order valence-corrected chi connectivity index (χ1v) is 7.11. The van der Waals surface area contributed by atoms with Crippen molar-refractivity contribution in [3.05, 3.63) is 29.8 Å². The molecule has 2 rings (SSSR count). The molecule has 1 heterocycles. The Morgan fingerprint density at radius 3 is 2.64 bits per heavy atom. The number of carbonyl (C=O) groups excluding carboxylic acids is 2. The highest BCUT2D eigenvalue weighted by Crippen LogP contribution is 2.12. The number of carbonyl (C=O) groups is 2. The van der Waals surface area contributed by atoms with E-state index in [0.717, 1.165) is 19.6 Å². The Labute approximate surface area is 136 Å². The van der Waals surface area contributed by atoms with Crippen LogP contribution in [-0.4, -0.2) is 49.0 Å². The van der Waals surface area contributed by atoms with Gasteiger partial charge in [0, 0.05) is 31.2 Å². The first-order valence-electron chi connectivity index (χ1n) is 7.11. The number of hydrogen-bond donors (Lipinski definition) is 2. The van der Waals surface area contributed by atoms with Crippen molar-refractivity contribution in [2.75, 3.05) is 26.2 Å². The Morgan fingerprint density at radius 2 is 2.05 bits per heavy atom. The Balaban J connectivity index is 0.00000242. The number of halogens is 1. The summed E-state index contributed by atoms with van der Waals surface area (Å²) in [5.41, 5.74) is 5.60. The molecule has 1 aliphatic heterocycles. The average molecular weight is 328 g/mol. The fraction of sp³-hybridized carbons (Fsp3) is 0.467. The summed E-state index contributed by atoms with van der Waals surface area (Å²) >= 11 is 0. The molecular formula is C15H22ClN3O3. The normalized spacial score (nSPS) is 17.5. The number of piperazine rings is 1. The van der Waals surface area contributed by atoms with E-state index in [2.05, 4.69) is 5.32 Å². The van der Waals surface area contributed by atoms with Crippen molar-refractivity contribution in [3.8, 4) is 5.75 Å². The summed E-state index contributed by atoms with van der Waals surface area (Å²) in [6, 6.07) is 6.80. The summed E-state index contributed by atoms with van der Waals surface area (Å²) < 4.78 is 5.52. The van der Waals surface area contributed by atoms with Gasteiger partial charge < -0.3 is 20.7 Å². The molecule has 1 fully saturated rings. The van der Waals surface area contributed by atoms with E-state index in [9.17, 15) is 9.59 Å². The minimum Gasteiger partial charge on any atom is -0.493 e. The second-order valence-corrected chi connectivity index (χ2v) is 5.13. The largest absolute Gasteiger partial charge is 0.493 e. The van der Waals surface area contributed by atoms with Gasteiger partial charge in [-0.2, -0.15) is 0 Å². The lowest BCUT2D eigenvalue weighted by atomic mass is 10.2. The zero-order valence-electron chi connectivity index (χ0n) is 12.6. The minimum absolute atomic E-state index is 0. The second kappa shape index (κ2) is 8.60. The second-order valence-electron chi connectivity index (χ2n) is 5.13. The smallest absolute Gasteiger partial charge is 0.248 e. The number of nitrogens with one attached hydrogen (secondary N) is 1. The van der Waals surface area contributed by atoms with Crippen molar-refractivity contribution in [3.63, 3.8) is 0 Å². The summed E-state index contributed by atoms with van der Waals surface area (Å²) in [6.45, 7) is 4.78. The van der Waals surface area contributed by atoms with Crippen LogP contribution in [0.4, 0.5) is 0 Å². The van der Waals surface area contributed by atoms with Crippen molar-refractivity contribution in [1.29, 1.82) is 0 Å². The van der Waals surface area contributed by atoms with E-state index >= 15 is 0 Å². The highest BCUT2D eigenvalue weighted by molar-refractivity contribution is 5.92. The van der Waals surface area contributed by atoms with Crippen LogP contribution >= 0.6 is 12.4 Å². The highest BCUT2D eigenvalue weighted by atomic mass is 35.5. The molecule has 1 aromatic carbocycles. The van der Waals surface area contributed by atoms with Gasteiger partial charge in [0.15, 0.2) is 0 Å². The molecule has 122 valence electrons. The number of nitrogens with two attached hydrogens (primary N) is 1. The van der Waals surface area contributed by atoms with Crippen LogP contribution < -0.4 is 15.8 Å². The van der Waals surface area contributed by atoms with Gasteiger partial charge in [-0.1, -0.05) is 0 Å². The third-order valence-corrected chi connectivity index (χ3v) is 3.55. The zero-order valence-corrected chi connectivity index (χ0v) is 13.4. The van der Waals surface area contributed by atoms with E-state index in [1.807, 2.05) is 11.8 Å². The summed E-state index contributed by atoms with van der Waals surface area (Å²) in [5, 5.41) is 3.25. The van der Waals surface area contributed by atoms with Crippen LogP contribution in [-0.2, 0) is 4.79 Å². The molecule has 7 heteroatoms. The number of benzene rings is 1. The third kappa shape index (κ3) is 4.89. The van der Waals surface area contributed by atoms with Crippen LogP contribution in [0, 0.1) is 0 Å².